The minimum atomic E-state index is -0.149. The second-order valence-corrected chi connectivity index (χ2v) is 5.79. The molecule has 0 radical (unpaired) electrons. The quantitative estimate of drug-likeness (QED) is 0.872. The van der Waals surface area contributed by atoms with Crippen molar-refractivity contribution in [1.29, 1.82) is 0 Å². The van der Waals surface area contributed by atoms with Crippen LogP contribution in [0.4, 0.5) is 15.8 Å². The number of hydrogen-bond donors (Lipinski definition) is 1. The van der Waals surface area contributed by atoms with E-state index in [0.717, 1.165) is 11.6 Å². The van der Waals surface area contributed by atoms with Crippen LogP contribution in [0.15, 0.2) is 18.2 Å². The molecular weight excluding hydrogens is 227 g/mol. The number of halogens is 1. The molecule has 3 heteroatoms. The molecule has 0 aliphatic heterocycles. The van der Waals surface area contributed by atoms with Crippen molar-refractivity contribution in [3.8, 4) is 0 Å². The monoisotopic (exact) mass is 250 g/mol. The van der Waals surface area contributed by atoms with Crippen LogP contribution in [0.3, 0.4) is 0 Å². The van der Waals surface area contributed by atoms with Gasteiger partial charge in [-0.15, -0.1) is 0 Å². The number of anilines is 2. The average Bonchev–Trinajstić information content (AvgIpc) is 2.26. The normalized spacial score (nSPS) is 22.8. The van der Waals surface area contributed by atoms with Gasteiger partial charge in [-0.3, -0.25) is 0 Å². The van der Waals surface area contributed by atoms with E-state index in [-0.39, 0.29) is 5.82 Å². The van der Waals surface area contributed by atoms with Crippen LogP contribution < -0.4 is 10.2 Å². The lowest BCUT2D eigenvalue weighted by Crippen LogP contribution is -2.33. The van der Waals surface area contributed by atoms with Gasteiger partial charge in [-0.25, -0.2) is 4.39 Å². The third-order valence-corrected chi connectivity index (χ3v) is 3.85. The number of nitrogens with zero attached hydrogens (tertiary/aromatic N) is 1. The summed E-state index contributed by atoms with van der Waals surface area (Å²) < 4.78 is 14.0. The smallest absolute Gasteiger partial charge is 0.148 e. The van der Waals surface area contributed by atoms with Crippen LogP contribution in [0.5, 0.6) is 0 Å². The molecule has 0 atom stereocenters. The molecule has 1 aliphatic carbocycles. The topological polar surface area (TPSA) is 15.3 Å². The standard InChI is InChI=1S/C15H23FN2/c1-10(2)18(4)15-6-5-12(9-14(15)16)17-13-7-11(3)8-13/h5-6,9-11,13,17H,7-8H2,1-4H3. The summed E-state index contributed by atoms with van der Waals surface area (Å²) in [6, 6.07) is 6.26. The van der Waals surface area contributed by atoms with Gasteiger partial charge in [0.2, 0.25) is 0 Å². The van der Waals surface area contributed by atoms with Crippen molar-refractivity contribution in [1.82, 2.24) is 0 Å². The Labute approximate surface area is 109 Å². The Bertz CT molecular complexity index is 411. The number of benzene rings is 1. The van der Waals surface area contributed by atoms with Crippen molar-refractivity contribution in [2.24, 2.45) is 5.92 Å². The van der Waals surface area contributed by atoms with Crippen LogP contribution in [0.25, 0.3) is 0 Å². The van der Waals surface area contributed by atoms with Gasteiger partial charge in [-0.05, 0) is 50.8 Å². The van der Waals surface area contributed by atoms with Crippen LogP contribution in [0.1, 0.15) is 33.6 Å². The zero-order chi connectivity index (χ0) is 13.3. The Hall–Kier alpha value is -1.25. The first-order valence-electron chi connectivity index (χ1n) is 6.76. The van der Waals surface area contributed by atoms with E-state index in [0.29, 0.717) is 17.8 Å². The van der Waals surface area contributed by atoms with Crippen molar-refractivity contribution in [3.63, 3.8) is 0 Å². The molecule has 0 heterocycles. The van der Waals surface area contributed by atoms with Crippen LogP contribution in [-0.4, -0.2) is 19.1 Å². The van der Waals surface area contributed by atoms with E-state index in [2.05, 4.69) is 26.1 Å². The summed E-state index contributed by atoms with van der Waals surface area (Å²) in [5, 5.41) is 3.39. The van der Waals surface area contributed by atoms with Crippen molar-refractivity contribution in [3.05, 3.63) is 24.0 Å². The zero-order valence-corrected chi connectivity index (χ0v) is 11.7. The molecule has 2 nitrogen and oxygen atoms in total. The molecule has 100 valence electrons. The maximum absolute atomic E-state index is 14.0. The second-order valence-electron chi connectivity index (χ2n) is 5.79. The second kappa shape index (κ2) is 5.17. The molecule has 0 saturated heterocycles. The van der Waals surface area contributed by atoms with Crippen LogP contribution in [-0.2, 0) is 0 Å². The summed E-state index contributed by atoms with van der Waals surface area (Å²) in [5.74, 6) is 0.655. The summed E-state index contributed by atoms with van der Waals surface area (Å²) in [5.41, 5.74) is 1.56. The molecule has 18 heavy (non-hydrogen) atoms. The minimum Gasteiger partial charge on any atom is -0.382 e. The molecule has 1 aromatic carbocycles. The van der Waals surface area contributed by atoms with Crippen molar-refractivity contribution < 1.29 is 4.39 Å². The molecule has 0 unspecified atom stereocenters. The van der Waals surface area contributed by atoms with E-state index in [1.807, 2.05) is 24.1 Å². The van der Waals surface area contributed by atoms with Gasteiger partial charge in [0.1, 0.15) is 5.82 Å². The van der Waals surface area contributed by atoms with Gasteiger partial charge >= 0.3 is 0 Å². The molecule has 1 fully saturated rings. The van der Waals surface area contributed by atoms with Crippen molar-refractivity contribution in [2.45, 2.75) is 45.7 Å². The highest BCUT2D eigenvalue weighted by atomic mass is 19.1. The lowest BCUT2D eigenvalue weighted by molar-refractivity contribution is 0.309. The lowest BCUT2D eigenvalue weighted by Gasteiger charge is -2.34. The van der Waals surface area contributed by atoms with Gasteiger partial charge in [0.05, 0.1) is 5.69 Å². The minimum absolute atomic E-state index is 0.149. The Morgan fingerprint density at radius 1 is 1.33 bits per heavy atom. The fraction of sp³-hybridized carbons (Fsp3) is 0.600. The van der Waals surface area contributed by atoms with Crippen molar-refractivity contribution >= 4 is 11.4 Å². The summed E-state index contributed by atoms with van der Waals surface area (Å²) in [6.45, 7) is 6.36. The average molecular weight is 250 g/mol. The maximum atomic E-state index is 14.0. The van der Waals surface area contributed by atoms with Gasteiger partial charge < -0.3 is 10.2 Å². The van der Waals surface area contributed by atoms with E-state index >= 15 is 0 Å². The third kappa shape index (κ3) is 2.77. The Morgan fingerprint density at radius 3 is 2.50 bits per heavy atom. The predicted octanol–water partition coefficient (Wildman–Crippen LogP) is 3.88. The molecule has 0 spiro atoms. The number of nitrogens with one attached hydrogen (secondary N) is 1. The molecule has 1 saturated carbocycles. The summed E-state index contributed by atoms with van der Waals surface area (Å²) in [4.78, 5) is 1.95. The Kier molecular flexibility index (Phi) is 3.79. The summed E-state index contributed by atoms with van der Waals surface area (Å²) in [7, 11) is 1.92. The largest absolute Gasteiger partial charge is 0.382 e. The molecule has 1 aromatic rings. The van der Waals surface area contributed by atoms with E-state index in [9.17, 15) is 4.39 Å². The summed E-state index contributed by atoms with van der Waals surface area (Å²) >= 11 is 0. The Balaban J connectivity index is 2.05. The molecule has 0 aromatic heterocycles. The highest BCUT2D eigenvalue weighted by Crippen LogP contribution is 2.31. The maximum Gasteiger partial charge on any atom is 0.148 e. The SMILES string of the molecule is CC1CC(Nc2ccc(N(C)C(C)C)c(F)c2)C1. The first kappa shape index (κ1) is 13.2. The van der Waals surface area contributed by atoms with Gasteiger partial charge in [0, 0.05) is 24.8 Å². The first-order valence-corrected chi connectivity index (χ1v) is 6.76. The summed E-state index contributed by atoms with van der Waals surface area (Å²) in [6.07, 6.45) is 2.38. The third-order valence-electron chi connectivity index (χ3n) is 3.85. The first-order chi connectivity index (χ1) is 8.47. The van der Waals surface area contributed by atoms with Crippen molar-refractivity contribution in [2.75, 3.05) is 17.3 Å². The fourth-order valence-corrected chi connectivity index (χ4v) is 2.42. The van der Waals surface area contributed by atoms with E-state index in [1.165, 1.54) is 12.8 Å². The lowest BCUT2D eigenvalue weighted by atomic mass is 9.82. The molecule has 1 N–H and O–H groups in total. The van der Waals surface area contributed by atoms with Gasteiger partial charge in [0.15, 0.2) is 0 Å². The fourth-order valence-electron chi connectivity index (χ4n) is 2.42. The van der Waals surface area contributed by atoms with Gasteiger partial charge in [-0.1, -0.05) is 6.92 Å². The molecule has 0 amide bonds. The highest BCUT2D eigenvalue weighted by molar-refractivity contribution is 5.56. The van der Waals surface area contributed by atoms with E-state index in [4.69, 9.17) is 0 Å². The van der Waals surface area contributed by atoms with Crippen LogP contribution in [0.2, 0.25) is 0 Å². The predicted molar refractivity (Wildman–Crippen MR) is 75.7 cm³/mol. The Morgan fingerprint density at radius 2 is 2.00 bits per heavy atom. The van der Waals surface area contributed by atoms with Crippen LogP contribution in [0, 0.1) is 11.7 Å². The molecule has 0 bridgehead atoms. The van der Waals surface area contributed by atoms with E-state index < -0.39 is 0 Å². The number of hydrogen-bond acceptors (Lipinski definition) is 2. The highest BCUT2D eigenvalue weighted by Gasteiger charge is 2.25. The van der Waals surface area contributed by atoms with Gasteiger partial charge in [-0.2, -0.15) is 0 Å². The zero-order valence-electron chi connectivity index (χ0n) is 11.7. The van der Waals surface area contributed by atoms with E-state index in [1.54, 1.807) is 6.07 Å². The number of rotatable bonds is 4. The molecular formula is C15H23FN2. The molecule has 1 aliphatic rings. The molecule has 2 rings (SSSR count). The van der Waals surface area contributed by atoms with Crippen LogP contribution >= 0.6 is 0 Å². The van der Waals surface area contributed by atoms with Gasteiger partial charge in [0.25, 0.3) is 0 Å².